The average molecular weight is 416 g/mol. The zero-order valence-electron chi connectivity index (χ0n) is 15.1. The van der Waals surface area contributed by atoms with E-state index in [1.807, 2.05) is 0 Å². The number of hydrogen-bond donors (Lipinski definition) is 0. The molecule has 0 bridgehead atoms. The molecule has 4 nitrogen and oxygen atoms in total. The first-order chi connectivity index (χ1) is 14.1. The summed E-state index contributed by atoms with van der Waals surface area (Å²) in [6, 6.07) is 17.4. The van der Waals surface area contributed by atoms with Crippen molar-refractivity contribution in [2.24, 2.45) is 4.99 Å². The number of aliphatic imine (C=N–C) groups is 1. The van der Waals surface area contributed by atoms with Crippen LogP contribution >= 0.6 is 11.6 Å². The van der Waals surface area contributed by atoms with Gasteiger partial charge in [-0.1, -0.05) is 17.7 Å². The van der Waals surface area contributed by atoms with Crippen LogP contribution in [0.3, 0.4) is 0 Å². The first kappa shape index (κ1) is 19.2. The molecule has 1 aliphatic heterocycles. The summed E-state index contributed by atoms with van der Waals surface area (Å²) in [7, 11) is 0. The first-order valence-corrected chi connectivity index (χ1v) is 9.27. The Balaban J connectivity index is 1.35. The van der Waals surface area contributed by atoms with Crippen LogP contribution in [-0.2, 0) is 4.74 Å². The normalized spacial score (nSPS) is 15.6. The zero-order chi connectivity index (χ0) is 20.2. The molecule has 0 aliphatic carbocycles. The number of rotatable bonds is 6. The summed E-state index contributed by atoms with van der Waals surface area (Å²) in [5, 5.41) is 0.639. The first-order valence-electron chi connectivity index (χ1n) is 8.90. The molecule has 0 N–H and O–H groups in total. The van der Waals surface area contributed by atoms with Crippen molar-refractivity contribution in [3.63, 3.8) is 0 Å². The van der Waals surface area contributed by atoms with Gasteiger partial charge in [0.2, 0.25) is 5.90 Å². The maximum absolute atomic E-state index is 13.8. The minimum atomic E-state index is -0.707. The maximum atomic E-state index is 13.8. The molecular weight excluding hydrogens is 400 g/mol. The predicted octanol–water partition coefficient (Wildman–Crippen LogP) is 5.63. The van der Waals surface area contributed by atoms with Crippen molar-refractivity contribution in [2.75, 3.05) is 13.2 Å². The Kier molecular flexibility index (Phi) is 5.62. The molecule has 0 aromatic heterocycles. The van der Waals surface area contributed by atoms with E-state index in [2.05, 4.69) is 4.99 Å². The number of nitrogens with zero attached hydrogens (tertiary/aromatic N) is 1. The van der Waals surface area contributed by atoms with Gasteiger partial charge in [0, 0.05) is 5.02 Å². The minimum absolute atomic E-state index is 0.0408. The van der Waals surface area contributed by atoms with Gasteiger partial charge in [-0.15, -0.1) is 0 Å². The zero-order valence-corrected chi connectivity index (χ0v) is 15.9. The van der Waals surface area contributed by atoms with Crippen LogP contribution in [0.4, 0.5) is 8.78 Å². The van der Waals surface area contributed by atoms with Crippen LogP contribution in [0.2, 0.25) is 5.02 Å². The molecule has 0 fully saturated rings. The van der Waals surface area contributed by atoms with Crippen LogP contribution in [0.5, 0.6) is 17.2 Å². The molecule has 0 saturated carbocycles. The van der Waals surface area contributed by atoms with Crippen molar-refractivity contribution < 1.29 is 23.0 Å². The summed E-state index contributed by atoms with van der Waals surface area (Å²) in [6.07, 6.45) is 0. The Bertz CT molecular complexity index is 1000. The second-order valence-electron chi connectivity index (χ2n) is 6.33. The van der Waals surface area contributed by atoms with E-state index in [1.54, 1.807) is 48.5 Å². The van der Waals surface area contributed by atoms with E-state index < -0.39 is 11.6 Å². The van der Waals surface area contributed by atoms with E-state index in [4.69, 9.17) is 25.8 Å². The van der Waals surface area contributed by atoms with Gasteiger partial charge < -0.3 is 14.2 Å². The molecule has 0 amide bonds. The molecule has 3 aromatic carbocycles. The summed E-state index contributed by atoms with van der Waals surface area (Å²) in [6.45, 7) is 0.415. The molecule has 0 saturated heterocycles. The largest absolute Gasteiger partial charge is 0.491 e. The van der Waals surface area contributed by atoms with Gasteiger partial charge in [-0.05, 0) is 60.7 Å². The van der Waals surface area contributed by atoms with Crippen molar-refractivity contribution >= 4 is 17.5 Å². The third-order valence-corrected chi connectivity index (χ3v) is 4.46. The van der Waals surface area contributed by atoms with E-state index >= 15 is 0 Å². The van der Waals surface area contributed by atoms with Crippen molar-refractivity contribution in [1.82, 2.24) is 0 Å². The second kappa shape index (κ2) is 8.49. The number of hydrogen-bond acceptors (Lipinski definition) is 4. The van der Waals surface area contributed by atoms with Gasteiger partial charge in [-0.3, -0.25) is 0 Å². The highest BCUT2D eigenvalue weighted by Crippen LogP contribution is 2.25. The summed E-state index contributed by atoms with van der Waals surface area (Å²) in [4.78, 5) is 4.23. The van der Waals surface area contributed by atoms with Crippen molar-refractivity contribution in [2.45, 2.75) is 6.04 Å². The fourth-order valence-electron chi connectivity index (χ4n) is 2.77. The lowest BCUT2D eigenvalue weighted by Gasteiger charge is -2.10. The molecule has 0 radical (unpaired) electrons. The van der Waals surface area contributed by atoms with Gasteiger partial charge in [0.15, 0.2) is 0 Å². The Morgan fingerprint density at radius 3 is 2.14 bits per heavy atom. The fourth-order valence-corrected chi connectivity index (χ4v) is 2.90. The lowest BCUT2D eigenvalue weighted by Crippen LogP contribution is -2.16. The molecular formula is C22H16ClF2NO3. The molecule has 1 aliphatic rings. The third kappa shape index (κ3) is 4.66. The summed E-state index contributed by atoms with van der Waals surface area (Å²) in [5.74, 6) is 0.492. The fraction of sp³-hybridized carbons (Fsp3) is 0.136. The van der Waals surface area contributed by atoms with Gasteiger partial charge >= 0.3 is 0 Å². The third-order valence-electron chi connectivity index (χ3n) is 4.20. The van der Waals surface area contributed by atoms with Crippen LogP contribution in [0, 0.1) is 11.6 Å². The van der Waals surface area contributed by atoms with E-state index in [9.17, 15) is 8.78 Å². The second-order valence-corrected chi connectivity index (χ2v) is 6.77. The SMILES string of the molecule is Fc1cccc(F)c1C1=NC(COc2ccc(Oc3ccc(Cl)cc3)cc2)CO1. The molecule has 148 valence electrons. The van der Waals surface area contributed by atoms with Crippen LogP contribution in [0.1, 0.15) is 5.56 Å². The van der Waals surface area contributed by atoms with Gasteiger partial charge in [-0.2, -0.15) is 0 Å². The maximum Gasteiger partial charge on any atom is 0.222 e. The summed E-state index contributed by atoms with van der Waals surface area (Å²) < 4.78 is 44.5. The highest BCUT2D eigenvalue weighted by Gasteiger charge is 2.25. The van der Waals surface area contributed by atoms with Gasteiger partial charge in [0.25, 0.3) is 0 Å². The van der Waals surface area contributed by atoms with Crippen molar-refractivity contribution in [3.05, 3.63) is 89.0 Å². The molecule has 1 heterocycles. The van der Waals surface area contributed by atoms with E-state index in [1.165, 1.54) is 18.2 Å². The van der Waals surface area contributed by atoms with Crippen molar-refractivity contribution in [3.8, 4) is 17.2 Å². The van der Waals surface area contributed by atoms with E-state index in [-0.39, 0.29) is 30.7 Å². The van der Waals surface area contributed by atoms with E-state index in [0.717, 1.165) is 0 Å². The average Bonchev–Trinajstić information content (AvgIpc) is 3.18. The van der Waals surface area contributed by atoms with Crippen LogP contribution in [0.25, 0.3) is 0 Å². The summed E-state index contributed by atoms with van der Waals surface area (Å²) >= 11 is 5.86. The number of ether oxygens (including phenoxy) is 3. The lowest BCUT2D eigenvalue weighted by atomic mass is 10.2. The Morgan fingerprint density at radius 1 is 0.897 bits per heavy atom. The number of halogens is 3. The summed E-state index contributed by atoms with van der Waals surface area (Å²) in [5.41, 5.74) is -0.251. The molecule has 1 atom stereocenters. The molecule has 0 spiro atoms. The van der Waals surface area contributed by atoms with Gasteiger partial charge in [-0.25, -0.2) is 13.8 Å². The van der Waals surface area contributed by atoms with Gasteiger partial charge in [0.1, 0.15) is 53.7 Å². The molecule has 1 unspecified atom stereocenters. The standard InChI is InChI=1S/C22H16ClF2NO3/c23-14-4-6-17(7-5-14)29-18-10-8-16(9-11-18)27-12-15-13-28-22(26-15)21-19(24)2-1-3-20(21)25/h1-11,15H,12-13H2. The Labute approximate surface area is 171 Å². The smallest absolute Gasteiger partial charge is 0.222 e. The highest BCUT2D eigenvalue weighted by molar-refractivity contribution is 6.30. The monoisotopic (exact) mass is 415 g/mol. The molecule has 3 aromatic rings. The quantitative estimate of drug-likeness (QED) is 0.523. The van der Waals surface area contributed by atoms with Gasteiger partial charge in [0.05, 0.1) is 0 Å². The van der Waals surface area contributed by atoms with Crippen LogP contribution in [0.15, 0.2) is 71.7 Å². The molecule has 4 rings (SSSR count). The topological polar surface area (TPSA) is 40.0 Å². The van der Waals surface area contributed by atoms with E-state index in [0.29, 0.717) is 22.3 Å². The lowest BCUT2D eigenvalue weighted by molar-refractivity contribution is 0.242. The number of benzene rings is 3. The Hall–Kier alpha value is -3.12. The van der Waals surface area contributed by atoms with Crippen LogP contribution < -0.4 is 9.47 Å². The Morgan fingerprint density at radius 2 is 1.48 bits per heavy atom. The highest BCUT2D eigenvalue weighted by atomic mass is 35.5. The van der Waals surface area contributed by atoms with Crippen LogP contribution in [-0.4, -0.2) is 25.2 Å². The molecule has 29 heavy (non-hydrogen) atoms. The van der Waals surface area contributed by atoms with Crippen molar-refractivity contribution in [1.29, 1.82) is 0 Å². The predicted molar refractivity (Wildman–Crippen MR) is 106 cm³/mol. The minimum Gasteiger partial charge on any atom is -0.491 e. The molecule has 7 heteroatoms.